The van der Waals surface area contributed by atoms with Crippen LogP contribution in [0.25, 0.3) is 0 Å². The Morgan fingerprint density at radius 2 is 1.65 bits per heavy atom. The predicted molar refractivity (Wildman–Crippen MR) is 88.0 cm³/mol. The van der Waals surface area contributed by atoms with E-state index in [-0.39, 0.29) is 23.8 Å². The molecule has 0 spiro atoms. The second-order valence-electron chi connectivity index (χ2n) is 8.15. The fraction of sp³-hybridized carbons (Fsp3) is 0.579. The van der Waals surface area contributed by atoms with Gasteiger partial charge in [-0.2, -0.15) is 0 Å². The zero-order valence-corrected chi connectivity index (χ0v) is 13.3. The van der Waals surface area contributed by atoms with Gasteiger partial charge in [0.05, 0.1) is 16.8 Å². The summed E-state index contributed by atoms with van der Waals surface area (Å²) in [5.74, 6) is 2.33. The zero-order chi connectivity index (χ0) is 15.6. The first-order valence-electron chi connectivity index (χ1n) is 8.84. The Morgan fingerprint density at radius 1 is 1.04 bits per heavy atom. The quantitative estimate of drug-likeness (QED) is 0.866. The van der Waals surface area contributed by atoms with Crippen LogP contribution in [0.1, 0.15) is 38.5 Å². The largest absolute Gasteiger partial charge is 0.323 e. The van der Waals surface area contributed by atoms with Gasteiger partial charge < -0.3 is 10.2 Å². The van der Waals surface area contributed by atoms with E-state index in [9.17, 15) is 9.59 Å². The molecule has 4 saturated carbocycles. The summed E-state index contributed by atoms with van der Waals surface area (Å²) in [6, 6.07) is 7.67. The van der Waals surface area contributed by atoms with E-state index in [0.29, 0.717) is 0 Å². The number of para-hydroxylation sites is 2. The van der Waals surface area contributed by atoms with E-state index in [4.69, 9.17) is 0 Å². The fourth-order valence-electron chi connectivity index (χ4n) is 6.07. The van der Waals surface area contributed by atoms with Gasteiger partial charge in [-0.05, 0) is 68.4 Å². The summed E-state index contributed by atoms with van der Waals surface area (Å²) in [7, 11) is 0. The molecular weight excluding hydrogens is 288 g/mol. The second-order valence-corrected chi connectivity index (χ2v) is 8.15. The third-order valence-corrected chi connectivity index (χ3v) is 6.51. The van der Waals surface area contributed by atoms with Gasteiger partial charge in [0.15, 0.2) is 0 Å². The van der Waals surface area contributed by atoms with E-state index in [0.717, 1.165) is 48.4 Å². The Hall–Kier alpha value is -1.84. The molecule has 6 rings (SSSR count). The summed E-state index contributed by atoms with van der Waals surface area (Å²) >= 11 is 0. The summed E-state index contributed by atoms with van der Waals surface area (Å²) in [6.07, 6.45) is 7.09. The highest BCUT2D eigenvalue weighted by molar-refractivity contribution is 6.11. The molecule has 120 valence electrons. The van der Waals surface area contributed by atoms with Crippen molar-refractivity contribution in [2.24, 2.45) is 23.2 Å². The van der Waals surface area contributed by atoms with Crippen molar-refractivity contribution in [2.45, 2.75) is 38.5 Å². The lowest BCUT2D eigenvalue weighted by atomic mass is 9.49. The molecule has 23 heavy (non-hydrogen) atoms. The SMILES string of the molecule is O=C1CN(C(=O)C23CC4CC(CC(C4)C2)C3)c2ccccc2N1. The maximum atomic E-state index is 13.5. The topological polar surface area (TPSA) is 49.4 Å². The van der Waals surface area contributed by atoms with Crippen molar-refractivity contribution in [3.8, 4) is 0 Å². The third-order valence-electron chi connectivity index (χ3n) is 6.51. The molecule has 4 nitrogen and oxygen atoms in total. The lowest BCUT2D eigenvalue weighted by Crippen LogP contribution is -2.56. The van der Waals surface area contributed by atoms with E-state index >= 15 is 0 Å². The molecular formula is C19H22N2O2. The predicted octanol–water partition coefficient (Wildman–Crippen LogP) is 3.19. The molecule has 4 fully saturated rings. The molecule has 4 bridgehead atoms. The van der Waals surface area contributed by atoms with Gasteiger partial charge in [0.2, 0.25) is 11.8 Å². The Bertz CT molecular complexity index is 661. The molecule has 0 unspecified atom stereocenters. The van der Waals surface area contributed by atoms with Crippen molar-refractivity contribution in [3.05, 3.63) is 24.3 Å². The van der Waals surface area contributed by atoms with Crippen LogP contribution in [0.2, 0.25) is 0 Å². The van der Waals surface area contributed by atoms with Crippen LogP contribution in [0.15, 0.2) is 24.3 Å². The standard InChI is InChI=1S/C19H22N2O2/c22-17-11-21(16-4-2-1-3-15(16)20-17)18(23)19-8-12-5-13(9-19)7-14(6-12)10-19/h1-4,12-14H,5-11H2,(H,20,22). The molecule has 4 heteroatoms. The summed E-state index contributed by atoms with van der Waals surface area (Å²) in [5.41, 5.74) is 1.44. The number of nitrogens with zero attached hydrogens (tertiary/aromatic N) is 1. The summed E-state index contributed by atoms with van der Waals surface area (Å²) < 4.78 is 0. The number of anilines is 2. The van der Waals surface area contributed by atoms with E-state index in [2.05, 4.69) is 5.32 Å². The second kappa shape index (κ2) is 4.59. The molecule has 4 aliphatic carbocycles. The maximum absolute atomic E-state index is 13.5. The molecule has 0 atom stereocenters. The summed E-state index contributed by atoms with van der Waals surface area (Å²) in [5, 5.41) is 2.89. The number of carbonyl (C=O) groups excluding carboxylic acids is 2. The highest BCUT2D eigenvalue weighted by Crippen LogP contribution is 2.60. The number of carbonyl (C=O) groups is 2. The Kier molecular flexibility index (Phi) is 2.71. The van der Waals surface area contributed by atoms with Gasteiger partial charge in [0, 0.05) is 0 Å². The third kappa shape index (κ3) is 1.97. The van der Waals surface area contributed by atoms with Crippen LogP contribution < -0.4 is 10.2 Å². The number of hydrogen-bond acceptors (Lipinski definition) is 2. The molecule has 1 aliphatic heterocycles. The molecule has 0 saturated heterocycles. The molecule has 1 aromatic carbocycles. The number of nitrogens with one attached hydrogen (secondary N) is 1. The minimum atomic E-state index is -0.195. The average molecular weight is 310 g/mol. The van der Waals surface area contributed by atoms with Gasteiger partial charge in [-0.1, -0.05) is 12.1 Å². The first kappa shape index (κ1) is 13.6. The fourth-order valence-corrected chi connectivity index (χ4v) is 6.07. The van der Waals surface area contributed by atoms with Gasteiger partial charge in [0.1, 0.15) is 6.54 Å². The average Bonchev–Trinajstić information content (AvgIpc) is 2.52. The summed E-state index contributed by atoms with van der Waals surface area (Å²) in [4.78, 5) is 27.3. The Morgan fingerprint density at radius 3 is 2.30 bits per heavy atom. The van der Waals surface area contributed by atoms with Gasteiger partial charge in [-0.3, -0.25) is 9.59 Å². The van der Waals surface area contributed by atoms with Crippen LogP contribution >= 0.6 is 0 Å². The number of benzene rings is 1. The van der Waals surface area contributed by atoms with Crippen LogP contribution in [0.4, 0.5) is 11.4 Å². The van der Waals surface area contributed by atoms with Gasteiger partial charge >= 0.3 is 0 Å². The molecule has 2 amide bonds. The van der Waals surface area contributed by atoms with Gasteiger partial charge in [0.25, 0.3) is 0 Å². The van der Waals surface area contributed by atoms with Gasteiger partial charge in [-0.25, -0.2) is 0 Å². The first-order valence-corrected chi connectivity index (χ1v) is 8.84. The van der Waals surface area contributed by atoms with Crippen molar-refractivity contribution in [2.75, 3.05) is 16.8 Å². The van der Waals surface area contributed by atoms with E-state index in [1.807, 2.05) is 24.3 Å². The van der Waals surface area contributed by atoms with Crippen molar-refractivity contribution in [3.63, 3.8) is 0 Å². The lowest BCUT2D eigenvalue weighted by molar-refractivity contribution is -0.144. The number of fused-ring (bicyclic) bond motifs is 1. The monoisotopic (exact) mass is 310 g/mol. The molecule has 5 aliphatic rings. The van der Waals surface area contributed by atoms with Crippen molar-refractivity contribution < 1.29 is 9.59 Å². The molecule has 0 radical (unpaired) electrons. The van der Waals surface area contributed by atoms with Crippen molar-refractivity contribution >= 4 is 23.2 Å². The number of amides is 2. The van der Waals surface area contributed by atoms with Crippen molar-refractivity contribution in [1.82, 2.24) is 0 Å². The van der Waals surface area contributed by atoms with Crippen LogP contribution in [-0.2, 0) is 9.59 Å². The maximum Gasteiger partial charge on any atom is 0.244 e. The van der Waals surface area contributed by atoms with Crippen LogP contribution in [0.3, 0.4) is 0 Å². The number of hydrogen-bond donors (Lipinski definition) is 1. The number of rotatable bonds is 1. The molecule has 0 aromatic heterocycles. The Labute approximate surface area is 136 Å². The van der Waals surface area contributed by atoms with Gasteiger partial charge in [-0.15, -0.1) is 0 Å². The van der Waals surface area contributed by atoms with Crippen LogP contribution in [-0.4, -0.2) is 18.4 Å². The zero-order valence-electron chi connectivity index (χ0n) is 13.3. The summed E-state index contributed by atoms with van der Waals surface area (Å²) in [6.45, 7) is 0.164. The molecule has 1 N–H and O–H groups in total. The highest BCUT2D eigenvalue weighted by atomic mass is 16.2. The molecule has 1 aromatic rings. The minimum Gasteiger partial charge on any atom is -0.323 e. The minimum absolute atomic E-state index is 0.0817. The Balaban J connectivity index is 1.53. The van der Waals surface area contributed by atoms with Crippen LogP contribution in [0, 0.1) is 23.2 Å². The first-order chi connectivity index (χ1) is 11.1. The normalized spacial score (nSPS) is 37.5. The van der Waals surface area contributed by atoms with Crippen molar-refractivity contribution in [1.29, 1.82) is 0 Å². The van der Waals surface area contributed by atoms with E-state index in [1.165, 1.54) is 19.3 Å². The highest BCUT2D eigenvalue weighted by Gasteiger charge is 2.56. The van der Waals surface area contributed by atoms with Crippen LogP contribution in [0.5, 0.6) is 0 Å². The smallest absolute Gasteiger partial charge is 0.244 e. The van der Waals surface area contributed by atoms with E-state index < -0.39 is 0 Å². The molecule has 1 heterocycles. The van der Waals surface area contributed by atoms with E-state index in [1.54, 1.807) is 4.90 Å². The lowest BCUT2D eigenvalue weighted by Gasteiger charge is -2.56.